The largest absolute Gasteiger partial charge is 0.411 e. The summed E-state index contributed by atoms with van der Waals surface area (Å²) in [5.74, 6) is 0. The first kappa shape index (κ1) is 17.7. The van der Waals surface area contributed by atoms with E-state index >= 15 is 0 Å². The van der Waals surface area contributed by atoms with Crippen molar-refractivity contribution in [1.82, 2.24) is 4.98 Å². The minimum atomic E-state index is 0.259. The van der Waals surface area contributed by atoms with Gasteiger partial charge in [0.05, 0.1) is 21.2 Å². The highest BCUT2D eigenvalue weighted by molar-refractivity contribution is 8.02. The van der Waals surface area contributed by atoms with Crippen molar-refractivity contribution in [2.75, 3.05) is 0 Å². The molecule has 1 aliphatic carbocycles. The molecule has 0 amide bonds. The van der Waals surface area contributed by atoms with Gasteiger partial charge in [-0.15, -0.1) is 11.3 Å². The topological polar surface area (TPSA) is 45.5 Å². The lowest BCUT2D eigenvalue weighted by Gasteiger charge is -2.17. The Bertz CT molecular complexity index is 635. The van der Waals surface area contributed by atoms with Crippen molar-refractivity contribution in [3.63, 3.8) is 0 Å². The maximum atomic E-state index is 9.54. The van der Waals surface area contributed by atoms with E-state index in [9.17, 15) is 5.21 Å². The third-order valence-electron chi connectivity index (χ3n) is 4.67. The third kappa shape index (κ3) is 4.96. The molecule has 1 aromatic carbocycles. The lowest BCUT2D eigenvalue weighted by molar-refractivity contribution is 0.315. The van der Waals surface area contributed by atoms with Gasteiger partial charge in [-0.25, -0.2) is 4.98 Å². The minimum Gasteiger partial charge on any atom is -0.411 e. The number of oxime groups is 1. The van der Waals surface area contributed by atoms with Gasteiger partial charge < -0.3 is 5.21 Å². The Balaban J connectivity index is 1.72. The van der Waals surface area contributed by atoms with Crippen molar-refractivity contribution in [3.8, 4) is 0 Å². The van der Waals surface area contributed by atoms with Crippen molar-refractivity contribution in [3.05, 3.63) is 24.3 Å². The number of para-hydroxylation sites is 1. The molecular weight excluding hydrogens is 336 g/mol. The zero-order valence-electron chi connectivity index (χ0n) is 14.1. The molecule has 0 bridgehead atoms. The van der Waals surface area contributed by atoms with Crippen molar-refractivity contribution >= 4 is 39.0 Å². The molecule has 24 heavy (non-hydrogen) atoms. The molecule has 3 rings (SSSR count). The Hall–Kier alpha value is -1.07. The number of thioether (sulfide) groups is 1. The molecule has 0 radical (unpaired) electrons. The molecule has 1 heterocycles. The Labute approximate surface area is 152 Å². The van der Waals surface area contributed by atoms with Gasteiger partial charge in [-0.3, -0.25) is 0 Å². The van der Waals surface area contributed by atoms with Gasteiger partial charge in [-0.1, -0.05) is 74.0 Å². The predicted molar refractivity (Wildman–Crippen MR) is 105 cm³/mol. The highest BCUT2D eigenvalue weighted by Crippen LogP contribution is 2.35. The van der Waals surface area contributed by atoms with Crippen LogP contribution in [0.25, 0.3) is 10.2 Å². The van der Waals surface area contributed by atoms with Crippen LogP contribution in [0.5, 0.6) is 0 Å². The number of aromatic nitrogens is 1. The predicted octanol–water partition coefficient (Wildman–Crippen LogP) is 6.50. The lowest BCUT2D eigenvalue weighted by Crippen LogP contribution is -2.18. The van der Waals surface area contributed by atoms with Gasteiger partial charge in [0, 0.05) is 0 Å². The standard InChI is InChI=1S/C19H26N2OS2/c22-21-16-12-7-5-3-1-2-4-6-8-13-18(16)24-19-20-15-11-9-10-14-17(15)23-19/h9-11,14,18,22H,1-8,12-13H2/b21-16-. The van der Waals surface area contributed by atoms with Crippen molar-refractivity contribution < 1.29 is 5.21 Å². The van der Waals surface area contributed by atoms with Crippen LogP contribution < -0.4 is 0 Å². The number of nitrogens with zero attached hydrogens (tertiary/aromatic N) is 2. The van der Waals surface area contributed by atoms with Crippen LogP contribution in [0, 0.1) is 0 Å². The molecule has 1 fully saturated rings. The SMILES string of the molecule is O/N=C1/CCCCCCCCCCC1Sc1nc2ccccc2s1. The van der Waals surface area contributed by atoms with E-state index in [0.29, 0.717) is 0 Å². The average molecular weight is 363 g/mol. The molecule has 0 saturated heterocycles. The Morgan fingerprint density at radius 3 is 2.46 bits per heavy atom. The number of rotatable bonds is 2. The molecule has 5 heteroatoms. The van der Waals surface area contributed by atoms with Crippen molar-refractivity contribution in [1.29, 1.82) is 0 Å². The number of benzene rings is 1. The fourth-order valence-corrected chi connectivity index (χ4v) is 5.78. The summed E-state index contributed by atoms with van der Waals surface area (Å²) >= 11 is 3.54. The van der Waals surface area contributed by atoms with Crippen LogP contribution in [0.4, 0.5) is 0 Å². The Morgan fingerprint density at radius 1 is 1.00 bits per heavy atom. The van der Waals surface area contributed by atoms with E-state index in [4.69, 9.17) is 4.98 Å². The zero-order chi connectivity index (χ0) is 16.6. The number of fused-ring (bicyclic) bond motifs is 1. The van der Waals surface area contributed by atoms with Crippen LogP contribution in [0.15, 0.2) is 33.8 Å². The second kappa shape index (κ2) is 9.42. The van der Waals surface area contributed by atoms with Gasteiger partial charge >= 0.3 is 0 Å². The summed E-state index contributed by atoms with van der Waals surface area (Å²) in [6.07, 6.45) is 12.3. The second-order valence-corrected chi connectivity index (χ2v) is 8.99. The van der Waals surface area contributed by atoms with Crippen molar-refractivity contribution in [2.24, 2.45) is 5.16 Å². The number of hydrogen-bond donors (Lipinski definition) is 1. The van der Waals surface area contributed by atoms with Crippen LogP contribution in [0.1, 0.15) is 64.2 Å². The molecule has 2 aromatic rings. The highest BCUT2D eigenvalue weighted by atomic mass is 32.2. The third-order valence-corrected chi connectivity index (χ3v) is 7.12. The summed E-state index contributed by atoms with van der Waals surface area (Å²) < 4.78 is 2.32. The van der Waals surface area contributed by atoms with E-state index in [1.807, 2.05) is 6.07 Å². The van der Waals surface area contributed by atoms with Gasteiger partial charge in [0.25, 0.3) is 0 Å². The Kier molecular flexibility index (Phi) is 6.97. The fraction of sp³-hybridized carbons (Fsp3) is 0.579. The average Bonchev–Trinajstić information content (AvgIpc) is 3.00. The van der Waals surface area contributed by atoms with E-state index in [0.717, 1.165) is 34.8 Å². The molecule has 130 valence electrons. The lowest BCUT2D eigenvalue weighted by atomic mass is 9.99. The molecule has 1 atom stereocenters. The first-order valence-corrected chi connectivity index (χ1v) is 10.8. The molecule has 0 spiro atoms. The molecular formula is C19H26N2OS2. The number of thiazole rings is 1. The van der Waals surface area contributed by atoms with Crippen LogP contribution in [-0.4, -0.2) is 21.2 Å². The van der Waals surface area contributed by atoms with Gasteiger partial charge in [0.1, 0.15) is 0 Å². The van der Waals surface area contributed by atoms with Crippen LogP contribution in [-0.2, 0) is 0 Å². The molecule has 1 saturated carbocycles. The van der Waals surface area contributed by atoms with E-state index in [1.54, 1.807) is 23.1 Å². The molecule has 3 nitrogen and oxygen atoms in total. The van der Waals surface area contributed by atoms with Crippen molar-refractivity contribution in [2.45, 2.75) is 73.8 Å². The smallest absolute Gasteiger partial charge is 0.151 e. The monoisotopic (exact) mass is 362 g/mol. The van der Waals surface area contributed by atoms with Gasteiger partial charge in [-0.05, 0) is 31.4 Å². The summed E-state index contributed by atoms with van der Waals surface area (Å²) in [5, 5.41) is 13.5. The van der Waals surface area contributed by atoms with Gasteiger partial charge in [0.15, 0.2) is 4.34 Å². The molecule has 1 N–H and O–H groups in total. The molecule has 0 aliphatic heterocycles. The fourth-order valence-electron chi connectivity index (χ4n) is 3.29. The maximum absolute atomic E-state index is 9.54. The van der Waals surface area contributed by atoms with Gasteiger partial charge in [0.2, 0.25) is 0 Å². The van der Waals surface area contributed by atoms with Crippen LogP contribution in [0.2, 0.25) is 0 Å². The van der Waals surface area contributed by atoms with Gasteiger partial charge in [-0.2, -0.15) is 0 Å². The van der Waals surface area contributed by atoms with E-state index in [2.05, 4.69) is 23.4 Å². The summed E-state index contributed by atoms with van der Waals surface area (Å²) in [7, 11) is 0. The summed E-state index contributed by atoms with van der Waals surface area (Å²) in [6.45, 7) is 0. The summed E-state index contributed by atoms with van der Waals surface area (Å²) in [5.41, 5.74) is 2.03. The first-order chi connectivity index (χ1) is 11.9. The second-order valence-electron chi connectivity index (χ2n) is 6.51. The summed E-state index contributed by atoms with van der Waals surface area (Å²) in [6, 6.07) is 8.29. The normalized spacial score (nSPS) is 23.0. The summed E-state index contributed by atoms with van der Waals surface area (Å²) in [4.78, 5) is 4.75. The Morgan fingerprint density at radius 2 is 1.71 bits per heavy atom. The molecule has 1 unspecified atom stereocenters. The van der Waals surface area contributed by atoms with Crippen LogP contribution >= 0.6 is 23.1 Å². The molecule has 1 aromatic heterocycles. The van der Waals surface area contributed by atoms with E-state index in [1.165, 1.54) is 49.6 Å². The van der Waals surface area contributed by atoms with E-state index in [-0.39, 0.29) is 5.25 Å². The first-order valence-electron chi connectivity index (χ1n) is 9.10. The quantitative estimate of drug-likeness (QED) is 0.490. The van der Waals surface area contributed by atoms with Crippen LogP contribution in [0.3, 0.4) is 0 Å². The highest BCUT2D eigenvalue weighted by Gasteiger charge is 2.20. The maximum Gasteiger partial charge on any atom is 0.151 e. The number of hydrogen-bond acceptors (Lipinski definition) is 5. The molecule has 1 aliphatic rings. The zero-order valence-corrected chi connectivity index (χ0v) is 15.7. The minimum absolute atomic E-state index is 0.259. The van der Waals surface area contributed by atoms with E-state index < -0.39 is 0 Å².